The first-order valence-corrected chi connectivity index (χ1v) is 8.01. The van der Waals surface area contributed by atoms with Gasteiger partial charge in [0.05, 0.1) is 5.01 Å². The first-order valence-electron chi connectivity index (χ1n) is 7.13. The molecule has 2 unspecified atom stereocenters. The van der Waals surface area contributed by atoms with E-state index in [2.05, 4.69) is 22.6 Å². The average molecular weight is 267 g/mol. The molecule has 2 rings (SSSR count). The van der Waals surface area contributed by atoms with Gasteiger partial charge >= 0.3 is 0 Å². The maximum Gasteiger partial charge on any atom is 0.0940 e. The lowest BCUT2D eigenvalue weighted by atomic mass is 9.95. The van der Waals surface area contributed by atoms with Crippen LogP contribution in [0, 0.1) is 12.8 Å². The summed E-state index contributed by atoms with van der Waals surface area (Å²) in [6.45, 7) is 4.15. The Morgan fingerprint density at radius 1 is 1.39 bits per heavy atom. The summed E-state index contributed by atoms with van der Waals surface area (Å²) < 4.78 is 0. The van der Waals surface area contributed by atoms with Gasteiger partial charge in [-0.15, -0.1) is 11.3 Å². The zero-order valence-corrected chi connectivity index (χ0v) is 12.1. The molecule has 0 aromatic carbocycles. The molecule has 1 aromatic heterocycles. The van der Waals surface area contributed by atoms with E-state index in [0.29, 0.717) is 12.0 Å². The van der Waals surface area contributed by atoms with Crippen molar-refractivity contribution >= 4 is 11.3 Å². The Morgan fingerprint density at radius 2 is 2.22 bits per heavy atom. The van der Waals surface area contributed by atoms with Gasteiger partial charge in [0.1, 0.15) is 0 Å². The highest BCUT2D eigenvalue weighted by molar-refractivity contribution is 7.09. The minimum Gasteiger partial charge on any atom is -0.327 e. The van der Waals surface area contributed by atoms with Crippen molar-refractivity contribution in [3.05, 3.63) is 16.1 Å². The molecule has 18 heavy (non-hydrogen) atoms. The molecule has 1 heterocycles. The highest BCUT2D eigenvalue weighted by Crippen LogP contribution is 2.21. The molecule has 3 nitrogen and oxygen atoms in total. The summed E-state index contributed by atoms with van der Waals surface area (Å²) in [5.74, 6) is 0.672. The minimum atomic E-state index is 0.405. The molecule has 0 saturated heterocycles. The van der Waals surface area contributed by atoms with Crippen molar-refractivity contribution in [2.75, 3.05) is 13.1 Å². The Labute approximate surface area is 114 Å². The maximum atomic E-state index is 6.23. The number of nitrogens with two attached hydrogens (primary N) is 1. The molecule has 1 fully saturated rings. The van der Waals surface area contributed by atoms with Crippen LogP contribution in [0.3, 0.4) is 0 Å². The van der Waals surface area contributed by atoms with E-state index < -0.39 is 0 Å². The van der Waals surface area contributed by atoms with Crippen molar-refractivity contribution < 1.29 is 0 Å². The molecule has 0 spiro atoms. The van der Waals surface area contributed by atoms with Crippen LogP contribution in [0.1, 0.15) is 42.8 Å². The molecule has 1 saturated carbocycles. The third-order valence-corrected chi connectivity index (χ3v) is 4.83. The van der Waals surface area contributed by atoms with Gasteiger partial charge in [-0.3, -0.25) is 0 Å². The van der Waals surface area contributed by atoms with Crippen LogP contribution in [0.25, 0.3) is 0 Å². The van der Waals surface area contributed by atoms with Gasteiger partial charge in [0.25, 0.3) is 0 Å². The Hall–Kier alpha value is -0.450. The van der Waals surface area contributed by atoms with Crippen LogP contribution in [-0.4, -0.2) is 24.1 Å². The molecule has 1 aliphatic carbocycles. The molecule has 3 N–H and O–H groups in total. The molecule has 102 valence electrons. The predicted molar refractivity (Wildman–Crippen MR) is 78.0 cm³/mol. The molecule has 4 heteroatoms. The smallest absolute Gasteiger partial charge is 0.0940 e. The van der Waals surface area contributed by atoms with Crippen molar-refractivity contribution in [3.63, 3.8) is 0 Å². The molecule has 0 aliphatic heterocycles. The van der Waals surface area contributed by atoms with E-state index >= 15 is 0 Å². The Bertz CT molecular complexity index is 351. The normalized spacial score (nSPS) is 25.0. The highest BCUT2D eigenvalue weighted by Gasteiger charge is 2.19. The van der Waals surface area contributed by atoms with Crippen molar-refractivity contribution in [1.82, 2.24) is 10.3 Å². The molecular weight excluding hydrogens is 242 g/mol. The highest BCUT2D eigenvalue weighted by atomic mass is 32.1. The first-order chi connectivity index (χ1) is 8.75. The van der Waals surface area contributed by atoms with Crippen molar-refractivity contribution in [2.24, 2.45) is 11.7 Å². The lowest BCUT2D eigenvalue weighted by Gasteiger charge is -2.21. The molecular formula is C14H25N3S. The van der Waals surface area contributed by atoms with Crippen LogP contribution < -0.4 is 11.1 Å². The largest absolute Gasteiger partial charge is 0.327 e. The van der Waals surface area contributed by atoms with Crippen LogP contribution in [0.2, 0.25) is 0 Å². The molecule has 1 aliphatic rings. The minimum absolute atomic E-state index is 0.405. The summed E-state index contributed by atoms with van der Waals surface area (Å²) in [6, 6.07) is 0.405. The number of thiazole rings is 1. The average Bonchev–Trinajstić information content (AvgIpc) is 2.65. The monoisotopic (exact) mass is 267 g/mol. The third-order valence-electron chi connectivity index (χ3n) is 3.81. The maximum absolute atomic E-state index is 6.23. The number of nitrogens with zero attached hydrogens (tertiary/aromatic N) is 1. The van der Waals surface area contributed by atoms with Gasteiger partial charge in [-0.05, 0) is 32.2 Å². The van der Waals surface area contributed by atoms with E-state index in [1.165, 1.54) is 37.1 Å². The van der Waals surface area contributed by atoms with Gasteiger partial charge in [-0.1, -0.05) is 19.3 Å². The van der Waals surface area contributed by atoms with Gasteiger partial charge in [0.2, 0.25) is 0 Å². The van der Waals surface area contributed by atoms with Crippen LogP contribution in [0.4, 0.5) is 0 Å². The number of rotatable bonds is 5. The van der Waals surface area contributed by atoms with E-state index in [0.717, 1.165) is 25.2 Å². The lowest BCUT2D eigenvalue weighted by Crippen LogP contribution is -2.37. The number of nitrogens with one attached hydrogen (secondary N) is 1. The molecule has 2 atom stereocenters. The summed E-state index contributed by atoms with van der Waals surface area (Å²) in [7, 11) is 0. The number of hydrogen-bond donors (Lipinski definition) is 2. The van der Waals surface area contributed by atoms with Crippen molar-refractivity contribution in [3.8, 4) is 0 Å². The zero-order valence-electron chi connectivity index (χ0n) is 11.3. The third kappa shape index (κ3) is 4.34. The second kappa shape index (κ2) is 7.22. The summed E-state index contributed by atoms with van der Waals surface area (Å²) in [4.78, 5) is 4.48. The van der Waals surface area contributed by atoms with Gasteiger partial charge in [0.15, 0.2) is 0 Å². The van der Waals surface area contributed by atoms with Crippen LogP contribution in [-0.2, 0) is 6.42 Å². The number of aryl methyl sites for hydroxylation is 1. The van der Waals surface area contributed by atoms with Crippen LogP contribution in [0.15, 0.2) is 5.38 Å². The van der Waals surface area contributed by atoms with Crippen LogP contribution >= 0.6 is 11.3 Å². The second-order valence-corrected chi connectivity index (χ2v) is 6.34. The number of hydrogen-bond acceptors (Lipinski definition) is 4. The molecule has 1 aromatic rings. The summed E-state index contributed by atoms with van der Waals surface area (Å²) in [5, 5.41) is 6.92. The number of aromatic nitrogens is 1. The fourth-order valence-corrected chi connectivity index (χ4v) is 3.44. The molecule has 0 radical (unpaired) electrons. The fraction of sp³-hybridized carbons (Fsp3) is 0.786. The Morgan fingerprint density at radius 3 is 3.00 bits per heavy atom. The van der Waals surface area contributed by atoms with Crippen molar-refractivity contribution in [1.29, 1.82) is 0 Å². The Kier molecular flexibility index (Phi) is 5.60. The zero-order chi connectivity index (χ0) is 12.8. The van der Waals surface area contributed by atoms with Gasteiger partial charge in [-0.2, -0.15) is 0 Å². The summed E-state index contributed by atoms with van der Waals surface area (Å²) in [5.41, 5.74) is 7.36. The summed E-state index contributed by atoms with van der Waals surface area (Å²) in [6.07, 6.45) is 7.58. The molecule has 0 amide bonds. The van der Waals surface area contributed by atoms with E-state index in [9.17, 15) is 0 Å². The van der Waals surface area contributed by atoms with E-state index in [1.807, 2.05) is 0 Å². The quantitative estimate of drug-likeness (QED) is 0.636. The fourth-order valence-electron chi connectivity index (χ4n) is 2.67. The van der Waals surface area contributed by atoms with E-state index in [-0.39, 0.29) is 0 Å². The van der Waals surface area contributed by atoms with Crippen molar-refractivity contribution in [2.45, 2.75) is 51.5 Å². The van der Waals surface area contributed by atoms with Crippen LogP contribution in [0.5, 0.6) is 0 Å². The molecule has 0 bridgehead atoms. The first kappa shape index (κ1) is 14.0. The predicted octanol–water partition coefficient (Wildman–Crippen LogP) is 2.49. The lowest BCUT2D eigenvalue weighted by molar-refractivity contribution is 0.376. The Balaban J connectivity index is 1.65. The van der Waals surface area contributed by atoms with Gasteiger partial charge in [-0.25, -0.2) is 4.98 Å². The van der Waals surface area contributed by atoms with Gasteiger partial charge in [0, 0.05) is 30.1 Å². The second-order valence-electron chi connectivity index (χ2n) is 5.40. The SMILES string of the molecule is Cc1csc(CCNCC2CCCCCC2N)n1. The van der Waals surface area contributed by atoms with E-state index in [4.69, 9.17) is 5.73 Å². The topological polar surface area (TPSA) is 50.9 Å². The van der Waals surface area contributed by atoms with Gasteiger partial charge < -0.3 is 11.1 Å². The summed E-state index contributed by atoms with van der Waals surface area (Å²) >= 11 is 1.76. The standard InChI is InChI=1S/C14H25N3S/c1-11-10-18-14(17-11)7-8-16-9-12-5-3-2-4-6-13(12)15/h10,12-13,16H,2-9,15H2,1H3. The van der Waals surface area contributed by atoms with E-state index in [1.54, 1.807) is 11.3 Å².